The van der Waals surface area contributed by atoms with Crippen molar-refractivity contribution in [3.8, 4) is 11.6 Å². The molecule has 1 saturated carbocycles. The summed E-state index contributed by atoms with van der Waals surface area (Å²) in [7, 11) is 0. The lowest BCUT2D eigenvalue weighted by Gasteiger charge is -2.22. The SMILES string of the molecule is Cc1ccnc(OC(C)(C)C)c1OC1CC1. The summed E-state index contributed by atoms with van der Waals surface area (Å²) in [5, 5.41) is 0. The molecule has 1 aromatic rings. The van der Waals surface area contributed by atoms with Gasteiger partial charge in [0.25, 0.3) is 5.88 Å². The fourth-order valence-electron chi connectivity index (χ4n) is 1.38. The zero-order chi connectivity index (χ0) is 11.8. The molecule has 3 heteroatoms. The average molecular weight is 221 g/mol. The van der Waals surface area contributed by atoms with Crippen LogP contribution in [-0.2, 0) is 0 Å². The minimum absolute atomic E-state index is 0.248. The van der Waals surface area contributed by atoms with Crippen molar-refractivity contribution in [3.63, 3.8) is 0 Å². The first-order chi connectivity index (χ1) is 7.46. The van der Waals surface area contributed by atoms with E-state index in [1.807, 2.05) is 33.8 Å². The molecule has 0 N–H and O–H groups in total. The average Bonchev–Trinajstić information content (AvgIpc) is 2.92. The second-order valence-electron chi connectivity index (χ2n) is 5.29. The van der Waals surface area contributed by atoms with Gasteiger partial charge in [0, 0.05) is 6.20 Å². The zero-order valence-electron chi connectivity index (χ0n) is 10.4. The van der Waals surface area contributed by atoms with Crippen LogP contribution >= 0.6 is 0 Å². The van der Waals surface area contributed by atoms with Crippen molar-refractivity contribution in [1.29, 1.82) is 0 Å². The Balaban J connectivity index is 2.24. The summed E-state index contributed by atoms with van der Waals surface area (Å²) < 4.78 is 11.7. The number of nitrogens with zero attached hydrogens (tertiary/aromatic N) is 1. The maximum absolute atomic E-state index is 5.85. The van der Waals surface area contributed by atoms with Crippen molar-refractivity contribution in [2.24, 2.45) is 0 Å². The van der Waals surface area contributed by atoms with Crippen LogP contribution in [-0.4, -0.2) is 16.7 Å². The number of ether oxygens (including phenoxy) is 2. The van der Waals surface area contributed by atoms with Gasteiger partial charge in [0.1, 0.15) is 5.60 Å². The molecule has 1 heterocycles. The van der Waals surface area contributed by atoms with E-state index in [-0.39, 0.29) is 5.60 Å². The van der Waals surface area contributed by atoms with Gasteiger partial charge in [-0.25, -0.2) is 4.98 Å². The van der Waals surface area contributed by atoms with Crippen LogP contribution in [0.1, 0.15) is 39.2 Å². The maximum atomic E-state index is 5.85. The quantitative estimate of drug-likeness (QED) is 0.786. The van der Waals surface area contributed by atoms with Crippen molar-refractivity contribution < 1.29 is 9.47 Å². The molecule has 0 saturated heterocycles. The van der Waals surface area contributed by atoms with Gasteiger partial charge in [0.05, 0.1) is 6.10 Å². The summed E-state index contributed by atoms with van der Waals surface area (Å²) in [5.41, 5.74) is 0.837. The third-order valence-electron chi connectivity index (χ3n) is 2.28. The molecule has 0 spiro atoms. The predicted octanol–water partition coefficient (Wildman–Crippen LogP) is 3.11. The molecule has 0 atom stereocenters. The molecule has 0 radical (unpaired) electrons. The van der Waals surface area contributed by atoms with Crippen molar-refractivity contribution >= 4 is 0 Å². The lowest BCUT2D eigenvalue weighted by Crippen LogP contribution is -2.24. The summed E-state index contributed by atoms with van der Waals surface area (Å²) in [6, 6.07) is 1.95. The van der Waals surface area contributed by atoms with Crippen LogP contribution in [0.15, 0.2) is 12.3 Å². The number of hydrogen-bond acceptors (Lipinski definition) is 3. The minimum Gasteiger partial charge on any atom is -0.485 e. The summed E-state index contributed by atoms with van der Waals surface area (Å²) in [4.78, 5) is 4.26. The Hall–Kier alpha value is -1.25. The van der Waals surface area contributed by atoms with Gasteiger partial charge in [-0.3, -0.25) is 0 Å². The number of rotatable bonds is 3. The number of aryl methyl sites for hydroxylation is 1. The van der Waals surface area contributed by atoms with E-state index in [0.717, 1.165) is 24.2 Å². The van der Waals surface area contributed by atoms with Gasteiger partial charge in [-0.1, -0.05) is 0 Å². The van der Waals surface area contributed by atoms with Crippen molar-refractivity contribution in [3.05, 3.63) is 17.8 Å². The Morgan fingerprint density at radius 1 is 1.31 bits per heavy atom. The summed E-state index contributed by atoms with van der Waals surface area (Å²) in [6.45, 7) is 8.06. The molecule has 1 aromatic heterocycles. The van der Waals surface area contributed by atoms with E-state index in [1.54, 1.807) is 6.20 Å². The highest BCUT2D eigenvalue weighted by Gasteiger charge is 2.27. The first-order valence-electron chi connectivity index (χ1n) is 5.77. The monoisotopic (exact) mass is 221 g/mol. The second-order valence-corrected chi connectivity index (χ2v) is 5.29. The normalized spacial score (nSPS) is 16.0. The van der Waals surface area contributed by atoms with Crippen molar-refractivity contribution in [2.45, 2.75) is 52.2 Å². The summed E-state index contributed by atoms with van der Waals surface area (Å²) >= 11 is 0. The van der Waals surface area contributed by atoms with E-state index in [9.17, 15) is 0 Å². The smallest absolute Gasteiger partial charge is 0.257 e. The molecule has 16 heavy (non-hydrogen) atoms. The molecule has 1 aliphatic rings. The van der Waals surface area contributed by atoms with Gasteiger partial charge in [0.15, 0.2) is 5.75 Å². The molecule has 1 fully saturated rings. The summed E-state index contributed by atoms with van der Waals surface area (Å²) in [5.74, 6) is 1.42. The van der Waals surface area contributed by atoms with E-state index < -0.39 is 0 Å². The van der Waals surface area contributed by atoms with Crippen molar-refractivity contribution in [2.75, 3.05) is 0 Å². The molecular weight excluding hydrogens is 202 g/mol. The number of hydrogen-bond donors (Lipinski definition) is 0. The van der Waals surface area contributed by atoms with E-state index in [2.05, 4.69) is 4.98 Å². The minimum atomic E-state index is -0.248. The van der Waals surface area contributed by atoms with Crippen LogP contribution < -0.4 is 9.47 Å². The standard InChI is InChI=1S/C13H19NO2/c1-9-7-8-14-12(16-13(2,3)4)11(9)15-10-5-6-10/h7-8,10H,5-6H2,1-4H3. The van der Waals surface area contributed by atoms with Crippen LogP contribution in [0.2, 0.25) is 0 Å². The first-order valence-corrected chi connectivity index (χ1v) is 5.77. The largest absolute Gasteiger partial charge is 0.485 e. The molecule has 0 unspecified atom stereocenters. The van der Waals surface area contributed by atoms with E-state index in [1.165, 1.54) is 0 Å². The summed E-state index contributed by atoms with van der Waals surface area (Å²) in [6.07, 6.45) is 4.41. The maximum Gasteiger partial charge on any atom is 0.257 e. The lowest BCUT2D eigenvalue weighted by molar-refractivity contribution is 0.115. The zero-order valence-corrected chi connectivity index (χ0v) is 10.4. The lowest BCUT2D eigenvalue weighted by atomic mass is 10.2. The molecule has 1 aliphatic carbocycles. The Morgan fingerprint density at radius 2 is 2.00 bits per heavy atom. The van der Waals surface area contributed by atoms with Crippen LogP contribution in [0.5, 0.6) is 11.6 Å². The highest BCUT2D eigenvalue weighted by atomic mass is 16.5. The molecule has 88 valence electrons. The van der Waals surface area contributed by atoms with Gasteiger partial charge in [-0.05, 0) is 52.2 Å². The Morgan fingerprint density at radius 3 is 2.56 bits per heavy atom. The Kier molecular flexibility index (Phi) is 2.78. The van der Waals surface area contributed by atoms with Gasteiger partial charge in [0.2, 0.25) is 0 Å². The number of pyridine rings is 1. The Labute approximate surface area is 96.8 Å². The number of aromatic nitrogens is 1. The third-order valence-corrected chi connectivity index (χ3v) is 2.28. The molecule has 0 aliphatic heterocycles. The predicted molar refractivity (Wildman–Crippen MR) is 63.0 cm³/mol. The van der Waals surface area contributed by atoms with Gasteiger partial charge in [-0.2, -0.15) is 0 Å². The fraction of sp³-hybridized carbons (Fsp3) is 0.615. The van der Waals surface area contributed by atoms with E-state index in [0.29, 0.717) is 12.0 Å². The highest BCUT2D eigenvalue weighted by molar-refractivity contribution is 5.41. The fourth-order valence-corrected chi connectivity index (χ4v) is 1.38. The molecule has 3 nitrogen and oxygen atoms in total. The highest BCUT2D eigenvalue weighted by Crippen LogP contribution is 2.35. The van der Waals surface area contributed by atoms with Crippen LogP contribution in [0.25, 0.3) is 0 Å². The molecule has 0 aromatic carbocycles. The first kappa shape index (κ1) is 11.2. The van der Waals surface area contributed by atoms with E-state index >= 15 is 0 Å². The molecular formula is C13H19NO2. The molecule has 0 amide bonds. The van der Waals surface area contributed by atoms with Crippen LogP contribution in [0, 0.1) is 6.92 Å². The van der Waals surface area contributed by atoms with Crippen molar-refractivity contribution in [1.82, 2.24) is 4.98 Å². The van der Waals surface area contributed by atoms with Gasteiger partial charge in [-0.15, -0.1) is 0 Å². The topological polar surface area (TPSA) is 31.4 Å². The van der Waals surface area contributed by atoms with Crippen LogP contribution in [0.4, 0.5) is 0 Å². The van der Waals surface area contributed by atoms with E-state index in [4.69, 9.17) is 9.47 Å². The Bertz CT molecular complexity index is 378. The third kappa shape index (κ3) is 2.87. The molecule has 2 rings (SSSR count). The van der Waals surface area contributed by atoms with Crippen LogP contribution in [0.3, 0.4) is 0 Å². The second kappa shape index (κ2) is 3.96. The van der Waals surface area contributed by atoms with Gasteiger partial charge < -0.3 is 9.47 Å². The van der Waals surface area contributed by atoms with Gasteiger partial charge >= 0.3 is 0 Å². The molecule has 0 bridgehead atoms.